The molecule has 2 rings (SSSR count). The molecule has 0 spiro atoms. The number of benzene rings is 2. The number of phenolic OH excluding ortho intramolecular Hbond substituents is 2. The van der Waals surface area contributed by atoms with Crippen molar-refractivity contribution in [2.24, 2.45) is 10.4 Å². The van der Waals surface area contributed by atoms with Gasteiger partial charge in [-0.15, -0.1) is 9.81 Å². The first-order valence-corrected chi connectivity index (χ1v) is 4.90. The molecule has 0 atom stereocenters. The summed E-state index contributed by atoms with van der Waals surface area (Å²) in [6, 6.07) is 11.4. The van der Waals surface area contributed by atoms with Crippen LogP contribution in [0.4, 0.5) is 11.4 Å². The number of rotatable bonds is 2. The molecule has 0 amide bonds. The third-order valence-electron chi connectivity index (χ3n) is 1.91. The third kappa shape index (κ3) is 4.40. The van der Waals surface area contributed by atoms with Gasteiger partial charge in [0.2, 0.25) is 0 Å². The molecule has 0 aliphatic heterocycles. The second-order valence-electron chi connectivity index (χ2n) is 3.22. The van der Waals surface area contributed by atoms with Gasteiger partial charge >= 0.3 is 0 Å². The van der Waals surface area contributed by atoms with Crippen molar-refractivity contribution in [3.8, 4) is 11.5 Å². The number of aromatic hydroxyl groups is 2. The summed E-state index contributed by atoms with van der Waals surface area (Å²) in [5.41, 5.74) is 0.653. The van der Waals surface area contributed by atoms with E-state index in [0.29, 0.717) is 11.4 Å². The lowest BCUT2D eigenvalue weighted by molar-refractivity contribution is 0.475. The third-order valence-corrected chi connectivity index (χ3v) is 1.91. The highest BCUT2D eigenvalue weighted by Gasteiger charge is 1.88. The Hall–Kier alpha value is -2.76. The molecule has 92 valence electrons. The summed E-state index contributed by atoms with van der Waals surface area (Å²) in [7, 11) is 0. The molecule has 0 bridgehead atoms. The highest BCUT2D eigenvalue weighted by molar-refractivity contribution is 5.40. The van der Waals surface area contributed by atoms with E-state index >= 15 is 0 Å². The molecule has 0 aliphatic rings. The zero-order valence-corrected chi connectivity index (χ0v) is 9.22. The molecule has 0 unspecified atom stereocenters. The van der Waals surface area contributed by atoms with Crippen LogP contribution in [0.1, 0.15) is 0 Å². The predicted octanol–water partition coefficient (Wildman–Crippen LogP) is 3.58. The second-order valence-corrected chi connectivity index (χ2v) is 3.22. The van der Waals surface area contributed by atoms with Crippen molar-refractivity contribution in [3.05, 3.63) is 58.3 Å². The lowest BCUT2D eigenvalue weighted by atomic mass is 10.3. The zero-order chi connectivity index (χ0) is 13.4. The summed E-state index contributed by atoms with van der Waals surface area (Å²) in [5, 5.41) is 22.7. The first-order chi connectivity index (χ1) is 8.65. The van der Waals surface area contributed by atoms with Gasteiger partial charge < -0.3 is 10.2 Å². The van der Waals surface area contributed by atoms with Gasteiger partial charge in [0.25, 0.3) is 0 Å². The highest BCUT2D eigenvalue weighted by atomic mass is 16.3. The van der Waals surface area contributed by atoms with Crippen LogP contribution >= 0.6 is 0 Å². The predicted molar refractivity (Wildman–Crippen MR) is 67.1 cm³/mol. The van der Waals surface area contributed by atoms with E-state index < -0.39 is 0 Å². The van der Waals surface area contributed by atoms with E-state index in [0.717, 1.165) is 0 Å². The smallest absolute Gasteiger partial charge is 0.115 e. The second kappa shape index (κ2) is 6.74. The van der Waals surface area contributed by atoms with E-state index in [1.165, 1.54) is 48.5 Å². The van der Waals surface area contributed by atoms with Crippen LogP contribution in [0.2, 0.25) is 0 Å². The van der Waals surface area contributed by atoms with Gasteiger partial charge in [0.1, 0.15) is 22.9 Å². The van der Waals surface area contributed by atoms with Gasteiger partial charge in [-0.05, 0) is 58.9 Å². The van der Waals surface area contributed by atoms with E-state index in [4.69, 9.17) is 10.2 Å². The number of nitroso groups, excluding NO2 is 2. The average molecular weight is 246 g/mol. The molecular formula is C12H10N2O4. The number of hydrogen-bond acceptors (Lipinski definition) is 6. The number of phenols is 2. The standard InChI is InChI=1S/2C6H5NO2/c2*8-6-3-1-5(7-9)2-4-6/h2*1-4,8H. The normalized spacial score (nSPS) is 8.89. The molecule has 0 heterocycles. The first-order valence-electron chi connectivity index (χ1n) is 4.90. The van der Waals surface area contributed by atoms with E-state index in [9.17, 15) is 9.81 Å². The van der Waals surface area contributed by atoms with Crippen molar-refractivity contribution in [2.45, 2.75) is 0 Å². The maximum atomic E-state index is 9.79. The Labute approximate surface area is 102 Å². The fraction of sp³-hybridized carbons (Fsp3) is 0. The molecule has 0 aliphatic carbocycles. The van der Waals surface area contributed by atoms with Crippen LogP contribution in [0.15, 0.2) is 58.9 Å². The molecule has 2 N–H and O–H groups in total. The first kappa shape index (κ1) is 13.3. The number of hydrogen-bond donors (Lipinski definition) is 2. The SMILES string of the molecule is O=Nc1ccc(O)cc1.O=Nc1ccc(O)cc1. The van der Waals surface area contributed by atoms with Crippen molar-refractivity contribution >= 4 is 11.4 Å². The summed E-state index contributed by atoms with van der Waals surface area (Å²) < 4.78 is 0. The van der Waals surface area contributed by atoms with E-state index in [1.54, 1.807) is 0 Å². The van der Waals surface area contributed by atoms with Gasteiger partial charge in [0, 0.05) is 0 Å². The van der Waals surface area contributed by atoms with Crippen molar-refractivity contribution in [3.63, 3.8) is 0 Å². The lowest BCUT2D eigenvalue weighted by Crippen LogP contribution is -1.61. The monoisotopic (exact) mass is 246 g/mol. The van der Waals surface area contributed by atoms with Crippen LogP contribution in [0.5, 0.6) is 11.5 Å². The van der Waals surface area contributed by atoms with Gasteiger partial charge in [-0.25, -0.2) is 0 Å². The van der Waals surface area contributed by atoms with Gasteiger partial charge in [-0.3, -0.25) is 0 Å². The molecule has 0 saturated carbocycles. The molecule has 0 fully saturated rings. The minimum atomic E-state index is 0.141. The van der Waals surface area contributed by atoms with Crippen LogP contribution in [0, 0.1) is 9.81 Å². The topological polar surface area (TPSA) is 99.3 Å². The minimum absolute atomic E-state index is 0.141. The maximum absolute atomic E-state index is 9.79. The largest absolute Gasteiger partial charge is 0.508 e. The summed E-state index contributed by atoms with van der Waals surface area (Å²) in [6.07, 6.45) is 0. The number of nitrogens with zero attached hydrogens (tertiary/aromatic N) is 2. The minimum Gasteiger partial charge on any atom is -0.508 e. The molecule has 0 aromatic heterocycles. The molecule has 2 aromatic rings. The summed E-state index contributed by atoms with van der Waals surface area (Å²) in [5.74, 6) is 0.282. The summed E-state index contributed by atoms with van der Waals surface area (Å²) in [4.78, 5) is 19.6. The summed E-state index contributed by atoms with van der Waals surface area (Å²) in [6.45, 7) is 0. The van der Waals surface area contributed by atoms with Crippen LogP contribution in [0.3, 0.4) is 0 Å². The van der Waals surface area contributed by atoms with Crippen molar-refractivity contribution in [2.75, 3.05) is 0 Å². The van der Waals surface area contributed by atoms with Gasteiger partial charge in [-0.2, -0.15) is 0 Å². The fourth-order valence-corrected chi connectivity index (χ4v) is 1.03. The molecule has 6 heteroatoms. The Kier molecular flexibility index (Phi) is 4.98. The zero-order valence-electron chi connectivity index (χ0n) is 9.22. The Morgan fingerprint density at radius 3 is 1.11 bits per heavy atom. The van der Waals surface area contributed by atoms with Crippen molar-refractivity contribution in [1.82, 2.24) is 0 Å². The molecule has 2 aromatic carbocycles. The van der Waals surface area contributed by atoms with Crippen LogP contribution in [0.25, 0.3) is 0 Å². The molecule has 6 nitrogen and oxygen atoms in total. The fourth-order valence-electron chi connectivity index (χ4n) is 1.03. The van der Waals surface area contributed by atoms with Crippen LogP contribution < -0.4 is 0 Å². The Balaban J connectivity index is 0.000000180. The van der Waals surface area contributed by atoms with E-state index in [2.05, 4.69) is 10.4 Å². The quantitative estimate of drug-likeness (QED) is 0.791. The lowest BCUT2D eigenvalue weighted by Gasteiger charge is -1.87. The Bertz CT molecular complexity index is 459. The van der Waals surface area contributed by atoms with Crippen LogP contribution in [-0.2, 0) is 0 Å². The Morgan fingerprint density at radius 1 is 0.611 bits per heavy atom. The molecule has 18 heavy (non-hydrogen) atoms. The van der Waals surface area contributed by atoms with Crippen molar-refractivity contribution < 1.29 is 10.2 Å². The van der Waals surface area contributed by atoms with Gasteiger partial charge in [0.05, 0.1) is 0 Å². The van der Waals surface area contributed by atoms with Gasteiger partial charge in [0.15, 0.2) is 0 Å². The molecule has 0 saturated heterocycles. The summed E-state index contributed by atoms with van der Waals surface area (Å²) >= 11 is 0. The van der Waals surface area contributed by atoms with E-state index in [1.807, 2.05) is 0 Å². The van der Waals surface area contributed by atoms with E-state index in [-0.39, 0.29) is 11.5 Å². The highest BCUT2D eigenvalue weighted by Crippen LogP contribution is 2.16. The molecule has 0 radical (unpaired) electrons. The van der Waals surface area contributed by atoms with Crippen molar-refractivity contribution in [1.29, 1.82) is 0 Å². The Morgan fingerprint density at radius 2 is 0.889 bits per heavy atom. The van der Waals surface area contributed by atoms with Gasteiger partial charge in [-0.1, -0.05) is 0 Å². The maximum Gasteiger partial charge on any atom is 0.115 e. The molecular weight excluding hydrogens is 236 g/mol. The average Bonchev–Trinajstić information content (AvgIpc) is 2.41. The van der Waals surface area contributed by atoms with Crippen LogP contribution in [-0.4, -0.2) is 10.2 Å².